The van der Waals surface area contributed by atoms with Gasteiger partial charge in [-0.3, -0.25) is 5.41 Å². The van der Waals surface area contributed by atoms with Crippen molar-refractivity contribution >= 4 is 22.5 Å². The largest absolute Gasteiger partial charge is 0.429 e. The molecule has 0 aromatic carbocycles. The van der Waals surface area contributed by atoms with Crippen molar-refractivity contribution < 1.29 is 18.0 Å². The lowest BCUT2D eigenvalue weighted by atomic mass is 10.1. The van der Waals surface area contributed by atoms with Crippen LogP contribution in [0.4, 0.5) is 13.2 Å². The predicted molar refractivity (Wildman–Crippen MR) is 53.5 cm³/mol. The summed E-state index contributed by atoms with van der Waals surface area (Å²) >= 11 is 0.902. The summed E-state index contributed by atoms with van der Waals surface area (Å²) in [5, 5.41) is 10.9. The van der Waals surface area contributed by atoms with Gasteiger partial charge in [0.25, 0.3) is 0 Å². The Labute approximate surface area is 89.6 Å². The molecule has 0 fully saturated rings. The van der Waals surface area contributed by atoms with Crippen molar-refractivity contribution in [3.63, 3.8) is 0 Å². The molecule has 0 saturated carbocycles. The first-order valence-corrected chi connectivity index (χ1v) is 5.22. The maximum absolute atomic E-state index is 12.0. The highest BCUT2D eigenvalue weighted by atomic mass is 32.2. The van der Waals surface area contributed by atoms with Crippen LogP contribution in [0, 0.1) is 5.41 Å². The Kier molecular flexibility index (Phi) is 3.32. The second-order valence-electron chi connectivity index (χ2n) is 3.78. The lowest BCUT2D eigenvalue weighted by molar-refractivity contribution is -0.0596. The van der Waals surface area contributed by atoms with Crippen LogP contribution in [-0.2, 0) is 4.84 Å². The molecule has 0 aromatic heterocycles. The second-order valence-corrected chi connectivity index (χ2v) is 4.83. The van der Waals surface area contributed by atoms with Crippen molar-refractivity contribution in [3.8, 4) is 0 Å². The molecule has 1 rings (SSSR count). The number of thioether (sulfide) groups is 1. The average Bonchev–Trinajstić information content (AvgIpc) is 2.39. The third-order valence-electron chi connectivity index (χ3n) is 1.70. The molecule has 3 nitrogen and oxygen atoms in total. The number of nitrogens with one attached hydrogen (secondary N) is 1. The fraction of sp³-hybridized carbons (Fsp3) is 0.750. The molecule has 0 aliphatic carbocycles. The highest BCUT2D eigenvalue weighted by molar-refractivity contribution is 8.14. The normalized spacial score (nSPS) is 19.7. The van der Waals surface area contributed by atoms with E-state index in [-0.39, 0.29) is 0 Å². The Morgan fingerprint density at radius 2 is 2.20 bits per heavy atom. The van der Waals surface area contributed by atoms with Crippen LogP contribution < -0.4 is 0 Å². The van der Waals surface area contributed by atoms with Gasteiger partial charge in [-0.2, -0.15) is 13.2 Å². The molecule has 1 heterocycles. The molecule has 86 valence electrons. The highest BCUT2D eigenvalue weighted by Gasteiger charge is 2.35. The van der Waals surface area contributed by atoms with Crippen LogP contribution >= 0.6 is 11.8 Å². The lowest BCUT2D eigenvalue weighted by Gasteiger charge is -2.13. The smallest absolute Gasteiger partial charge is 0.389 e. The van der Waals surface area contributed by atoms with E-state index in [4.69, 9.17) is 10.2 Å². The van der Waals surface area contributed by atoms with Crippen LogP contribution in [-0.4, -0.2) is 28.3 Å². The first-order chi connectivity index (χ1) is 6.71. The molecular weight excluding hydrogens is 229 g/mol. The maximum atomic E-state index is 12.0. The molecule has 1 aliphatic heterocycles. The molecule has 0 radical (unpaired) electrons. The fourth-order valence-electron chi connectivity index (χ4n) is 0.918. The van der Waals surface area contributed by atoms with E-state index in [1.807, 2.05) is 0 Å². The van der Waals surface area contributed by atoms with Gasteiger partial charge in [-0.15, -0.1) is 11.8 Å². The Morgan fingerprint density at radius 3 is 2.60 bits per heavy atom. The molecule has 0 aromatic rings. The van der Waals surface area contributed by atoms with E-state index in [0.717, 1.165) is 11.8 Å². The standard InChI is InChI=1S/C8H11F3N2OS/c1-7(2)3-6(13-14-7)15-4-5(12)8(9,10)11/h12H,3-4H2,1-2H3. The first kappa shape index (κ1) is 12.4. The van der Waals surface area contributed by atoms with Crippen LogP contribution in [0.3, 0.4) is 0 Å². The Balaban J connectivity index is 2.37. The summed E-state index contributed by atoms with van der Waals surface area (Å²) in [5.74, 6) is -0.415. The summed E-state index contributed by atoms with van der Waals surface area (Å²) in [7, 11) is 0. The van der Waals surface area contributed by atoms with Crippen molar-refractivity contribution in [1.29, 1.82) is 5.41 Å². The first-order valence-electron chi connectivity index (χ1n) is 4.23. The molecule has 1 N–H and O–H groups in total. The van der Waals surface area contributed by atoms with E-state index in [1.165, 1.54) is 0 Å². The quantitative estimate of drug-likeness (QED) is 0.754. The molecule has 0 bridgehead atoms. The molecule has 0 amide bonds. The van der Waals surface area contributed by atoms with E-state index in [1.54, 1.807) is 13.8 Å². The predicted octanol–water partition coefficient (Wildman–Crippen LogP) is 2.81. The molecule has 0 atom stereocenters. The zero-order chi connectivity index (χ0) is 11.7. The van der Waals surface area contributed by atoms with Crippen LogP contribution in [0.15, 0.2) is 5.16 Å². The van der Waals surface area contributed by atoms with Gasteiger partial charge >= 0.3 is 6.18 Å². The van der Waals surface area contributed by atoms with Crippen molar-refractivity contribution in [2.75, 3.05) is 5.75 Å². The molecule has 15 heavy (non-hydrogen) atoms. The summed E-state index contributed by atoms with van der Waals surface area (Å²) in [4.78, 5) is 4.99. The number of alkyl halides is 3. The zero-order valence-corrected chi connectivity index (χ0v) is 9.13. The molecular formula is C8H11F3N2OS. The molecule has 0 unspecified atom stereocenters. The summed E-state index contributed by atoms with van der Waals surface area (Å²) in [6.07, 6.45) is -4.05. The third kappa shape index (κ3) is 3.73. The zero-order valence-electron chi connectivity index (χ0n) is 8.31. The van der Waals surface area contributed by atoms with Crippen molar-refractivity contribution in [1.82, 2.24) is 0 Å². The minimum absolute atomic E-state index is 0.415. The monoisotopic (exact) mass is 240 g/mol. The van der Waals surface area contributed by atoms with Gasteiger partial charge in [0.1, 0.15) is 16.4 Å². The molecule has 1 aliphatic rings. The summed E-state index contributed by atoms with van der Waals surface area (Å²) in [5.41, 5.74) is -1.69. The highest BCUT2D eigenvalue weighted by Crippen LogP contribution is 2.28. The molecule has 0 spiro atoms. The van der Waals surface area contributed by atoms with E-state index < -0.39 is 23.2 Å². The topological polar surface area (TPSA) is 45.4 Å². The minimum atomic E-state index is -4.54. The SMILES string of the molecule is CC1(C)CC(SCC(=N)C(F)(F)F)=NO1. The summed E-state index contributed by atoms with van der Waals surface area (Å²) < 4.78 is 35.9. The van der Waals surface area contributed by atoms with Crippen molar-refractivity contribution in [3.05, 3.63) is 0 Å². The van der Waals surface area contributed by atoms with Gasteiger partial charge in [-0.1, -0.05) is 5.16 Å². The maximum Gasteiger partial charge on any atom is 0.429 e. The van der Waals surface area contributed by atoms with Crippen LogP contribution in [0.25, 0.3) is 0 Å². The number of nitrogens with zero attached hydrogens (tertiary/aromatic N) is 1. The lowest BCUT2D eigenvalue weighted by Crippen LogP contribution is -2.24. The van der Waals surface area contributed by atoms with E-state index in [2.05, 4.69) is 5.16 Å². The molecule has 7 heteroatoms. The van der Waals surface area contributed by atoms with Gasteiger partial charge < -0.3 is 4.84 Å². The number of hydrogen-bond acceptors (Lipinski definition) is 4. The van der Waals surface area contributed by atoms with Crippen LogP contribution in [0.5, 0.6) is 0 Å². The van der Waals surface area contributed by atoms with Gasteiger partial charge in [0.15, 0.2) is 0 Å². The van der Waals surface area contributed by atoms with E-state index in [0.29, 0.717) is 11.5 Å². The van der Waals surface area contributed by atoms with Crippen molar-refractivity contribution in [2.24, 2.45) is 5.16 Å². The molecule has 0 saturated heterocycles. The van der Waals surface area contributed by atoms with Crippen LogP contribution in [0.2, 0.25) is 0 Å². The van der Waals surface area contributed by atoms with Gasteiger partial charge in [0.05, 0.1) is 0 Å². The number of halogens is 3. The van der Waals surface area contributed by atoms with Gasteiger partial charge in [0, 0.05) is 12.2 Å². The Hall–Kier alpha value is -0.720. The number of rotatable bonds is 2. The Bertz CT molecular complexity index is 299. The fourth-order valence-corrected chi connectivity index (χ4v) is 1.93. The van der Waals surface area contributed by atoms with Crippen molar-refractivity contribution in [2.45, 2.75) is 32.0 Å². The average molecular weight is 240 g/mol. The van der Waals surface area contributed by atoms with E-state index >= 15 is 0 Å². The van der Waals surface area contributed by atoms with Crippen LogP contribution in [0.1, 0.15) is 20.3 Å². The van der Waals surface area contributed by atoms with Gasteiger partial charge in [-0.25, -0.2) is 0 Å². The summed E-state index contributed by atoms with van der Waals surface area (Å²) in [6, 6.07) is 0. The Morgan fingerprint density at radius 1 is 1.60 bits per heavy atom. The van der Waals surface area contributed by atoms with Gasteiger partial charge in [0.2, 0.25) is 0 Å². The third-order valence-corrected chi connectivity index (χ3v) is 2.68. The minimum Gasteiger partial charge on any atom is -0.389 e. The number of oxime groups is 1. The number of hydrogen-bond donors (Lipinski definition) is 1. The van der Waals surface area contributed by atoms with Gasteiger partial charge in [-0.05, 0) is 13.8 Å². The second kappa shape index (κ2) is 4.03. The van der Waals surface area contributed by atoms with E-state index in [9.17, 15) is 13.2 Å². The summed E-state index contributed by atoms with van der Waals surface area (Å²) in [6.45, 7) is 3.61.